The average molecular weight is 554 g/mol. The van der Waals surface area contributed by atoms with Crippen molar-refractivity contribution in [1.82, 2.24) is 9.78 Å². The zero-order valence-electron chi connectivity index (χ0n) is 22.7. The highest BCUT2D eigenvalue weighted by Gasteiger charge is 2.43. The lowest BCUT2D eigenvalue weighted by atomic mass is 9.92. The Morgan fingerprint density at radius 2 is 1.82 bits per heavy atom. The molecule has 0 saturated heterocycles. The van der Waals surface area contributed by atoms with E-state index in [0.29, 0.717) is 47.1 Å². The number of methoxy groups -OCH3 is 1. The number of fused-ring (bicyclic) bond motifs is 1. The van der Waals surface area contributed by atoms with Gasteiger partial charge in [-0.1, -0.05) is 25.4 Å². The number of hydrogen-bond donors (Lipinski definition) is 1. The van der Waals surface area contributed by atoms with Crippen LogP contribution in [0.3, 0.4) is 0 Å². The normalized spacial score (nSPS) is 16.5. The molecule has 1 N–H and O–H groups in total. The number of ether oxygens (including phenoxy) is 2. The van der Waals surface area contributed by atoms with Crippen molar-refractivity contribution in [1.29, 1.82) is 0 Å². The summed E-state index contributed by atoms with van der Waals surface area (Å²) in [5.41, 5.74) is 2.91. The standard InChI is InChI=1S/C29H36ClN3O4Si/c1-29(2,38(4,5)35)15-20(19-6-7-19)18-37-26-13-12-23(14-27(26)36-3)32-17-25-24(28(32)34)16-33(31-25)22-10-8-21(30)9-11-22/h8-14,16,19-20,35H,6-7,15,17-18H2,1-5H3/t20-/m0/s1. The lowest BCUT2D eigenvalue weighted by Gasteiger charge is -2.38. The Bertz CT molecular complexity index is 1330. The van der Waals surface area contributed by atoms with Gasteiger partial charge in [0.15, 0.2) is 19.8 Å². The molecule has 9 heteroatoms. The van der Waals surface area contributed by atoms with E-state index in [9.17, 15) is 9.59 Å². The monoisotopic (exact) mass is 553 g/mol. The summed E-state index contributed by atoms with van der Waals surface area (Å²) in [6.45, 7) is 9.37. The molecular formula is C29H36ClN3O4Si. The summed E-state index contributed by atoms with van der Waals surface area (Å²) in [5.74, 6) is 2.21. The van der Waals surface area contributed by atoms with Gasteiger partial charge < -0.3 is 19.2 Å². The molecule has 1 saturated carbocycles. The second kappa shape index (κ2) is 10.1. The Morgan fingerprint density at radius 1 is 1.13 bits per heavy atom. The van der Waals surface area contributed by atoms with Gasteiger partial charge in [-0.25, -0.2) is 4.68 Å². The van der Waals surface area contributed by atoms with E-state index in [4.69, 9.17) is 21.1 Å². The third-order valence-corrected chi connectivity index (χ3v) is 12.1. The third-order valence-electron chi connectivity index (χ3n) is 8.29. The van der Waals surface area contributed by atoms with Crippen LogP contribution in [-0.2, 0) is 6.54 Å². The van der Waals surface area contributed by atoms with Crippen LogP contribution in [0.25, 0.3) is 5.69 Å². The van der Waals surface area contributed by atoms with Crippen LogP contribution in [0.5, 0.6) is 11.5 Å². The topological polar surface area (TPSA) is 76.8 Å². The van der Waals surface area contributed by atoms with Crippen molar-refractivity contribution in [3.8, 4) is 17.2 Å². The molecule has 1 aliphatic carbocycles. The van der Waals surface area contributed by atoms with E-state index < -0.39 is 8.32 Å². The van der Waals surface area contributed by atoms with E-state index in [2.05, 4.69) is 18.9 Å². The second-order valence-electron chi connectivity index (χ2n) is 11.7. The van der Waals surface area contributed by atoms with Gasteiger partial charge in [-0.05, 0) is 85.6 Å². The first-order valence-electron chi connectivity index (χ1n) is 13.2. The summed E-state index contributed by atoms with van der Waals surface area (Å²) in [5, 5.41) is 5.20. The molecule has 7 nitrogen and oxygen atoms in total. The minimum atomic E-state index is -2.30. The number of rotatable bonds is 10. The predicted octanol–water partition coefficient (Wildman–Crippen LogP) is 6.47. The fourth-order valence-electron chi connectivity index (χ4n) is 4.98. The first kappa shape index (κ1) is 26.8. The highest BCUT2D eigenvalue weighted by atomic mass is 35.5. The number of halogens is 1. The molecule has 1 fully saturated rings. The molecule has 2 aliphatic rings. The van der Waals surface area contributed by atoms with E-state index in [1.165, 1.54) is 12.8 Å². The van der Waals surface area contributed by atoms with Gasteiger partial charge in [0.25, 0.3) is 5.91 Å². The Kier molecular flexibility index (Phi) is 7.09. The van der Waals surface area contributed by atoms with Crippen LogP contribution in [0, 0.1) is 11.8 Å². The van der Waals surface area contributed by atoms with Gasteiger partial charge in [-0.3, -0.25) is 4.79 Å². The highest BCUT2D eigenvalue weighted by Crippen LogP contribution is 2.48. The molecule has 5 rings (SSSR count). The maximum atomic E-state index is 13.3. The number of benzene rings is 2. The maximum absolute atomic E-state index is 13.3. The number of nitrogens with zero attached hydrogens (tertiary/aromatic N) is 3. The summed E-state index contributed by atoms with van der Waals surface area (Å²) in [7, 11) is -0.681. The number of aromatic nitrogens is 2. The smallest absolute Gasteiger partial charge is 0.262 e. The van der Waals surface area contributed by atoms with E-state index in [1.807, 2.05) is 43.4 Å². The highest BCUT2D eigenvalue weighted by molar-refractivity contribution is 6.72. The summed E-state index contributed by atoms with van der Waals surface area (Å²) in [6.07, 6.45) is 5.16. The Labute approximate surface area is 230 Å². The summed E-state index contributed by atoms with van der Waals surface area (Å²) in [6, 6.07) is 13.0. The summed E-state index contributed by atoms with van der Waals surface area (Å²) < 4.78 is 13.7. The lowest BCUT2D eigenvalue weighted by Crippen LogP contribution is -2.41. The SMILES string of the molecule is COc1cc(N2Cc3nn(-c4ccc(Cl)cc4)cc3C2=O)ccc1OC[C@H](CC(C)(C)[Si](C)(C)O)C1CC1. The van der Waals surface area contributed by atoms with Gasteiger partial charge in [-0.2, -0.15) is 5.10 Å². The molecule has 1 atom stereocenters. The maximum Gasteiger partial charge on any atom is 0.262 e. The molecule has 3 aromatic rings. The summed E-state index contributed by atoms with van der Waals surface area (Å²) in [4.78, 5) is 25.7. The molecule has 202 valence electrons. The molecule has 2 aromatic carbocycles. The fraction of sp³-hybridized carbons (Fsp3) is 0.448. The molecule has 0 unspecified atom stereocenters. The summed E-state index contributed by atoms with van der Waals surface area (Å²) >= 11 is 6.00. The zero-order chi connectivity index (χ0) is 27.2. The van der Waals surface area contributed by atoms with Crippen LogP contribution >= 0.6 is 11.6 Å². The Morgan fingerprint density at radius 3 is 2.42 bits per heavy atom. The molecule has 1 aromatic heterocycles. The van der Waals surface area contributed by atoms with Crippen molar-refractivity contribution in [2.24, 2.45) is 11.8 Å². The first-order chi connectivity index (χ1) is 18.0. The molecule has 1 amide bonds. The van der Waals surface area contributed by atoms with Crippen LogP contribution in [0.1, 0.15) is 49.2 Å². The molecule has 0 radical (unpaired) electrons. The Balaban J connectivity index is 1.28. The van der Waals surface area contributed by atoms with Crippen molar-refractivity contribution in [3.63, 3.8) is 0 Å². The van der Waals surface area contributed by atoms with Crippen LogP contribution in [0.4, 0.5) is 5.69 Å². The first-order valence-corrected chi connectivity index (χ1v) is 16.5. The quantitative estimate of drug-likeness (QED) is 0.291. The van der Waals surface area contributed by atoms with Crippen LogP contribution in [0.15, 0.2) is 48.7 Å². The minimum Gasteiger partial charge on any atom is -0.493 e. The molecule has 38 heavy (non-hydrogen) atoms. The lowest BCUT2D eigenvalue weighted by molar-refractivity contribution is 0.0996. The van der Waals surface area contributed by atoms with E-state index in [0.717, 1.165) is 23.5 Å². The molecule has 0 spiro atoms. The molecule has 0 bridgehead atoms. The number of hydrogen-bond acceptors (Lipinski definition) is 5. The van der Waals surface area contributed by atoms with Gasteiger partial charge >= 0.3 is 0 Å². The second-order valence-corrected chi connectivity index (χ2v) is 16.6. The van der Waals surface area contributed by atoms with Crippen molar-refractivity contribution in [2.45, 2.75) is 57.8 Å². The van der Waals surface area contributed by atoms with E-state index in [1.54, 1.807) is 35.0 Å². The van der Waals surface area contributed by atoms with E-state index in [-0.39, 0.29) is 10.9 Å². The molecule has 2 heterocycles. The van der Waals surface area contributed by atoms with Crippen molar-refractivity contribution < 1.29 is 19.1 Å². The van der Waals surface area contributed by atoms with Crippen LogP contribution in [0.2, 0.25) is 23.2 Å². The minimum absolute atomic E-state index is 0.0910. The van der Waals surface area contributed by atoms with Gasteiger partial charge in [-0.15, -0.1) is 0 Å². The largest absolute Gasteiger partial charge is 0.493 e. The number of anilines is 1. The van der Waals surface area contributed by atoms with Gasteiger partial charge in [0.1, 0.15) is 0 Å². The average Bonchev–Trinajstić information content (AvgIpc) is 3.56. The van der Waals surface area contributed by atoms with Gasteiger partial charge in [0.2, 0.25) is 0 Å². The molecular weight excluding hydrogens is 518 g/mol. The van der Waals surface area contributed by atoms with Crippen LogP contribution < -0.4 is 14.4 Å². The van der Waals surface area contributed by atoms with Crippen molar-refractivity contribution in [3.05, 3.63) is 64.9 Å². The number of carbonyl (C=O) groups excluding carboxylic acids is 1. The number of carbonyl (C=O) groups is 1. The number of amides is 1. The Hall–Kier alpha value is -2.81. The van der Waals surface area contributed by atoms with E-state index >= 15 is 0 Å². The zero-order valence-corrected chi connectivity index (χ0v) is 24.5. The van der Waals surface area contributed by atoms with Crippen molar-refractivity contribution >= 4 is 31.5 Å². The van der Waals surface area contributed by atoms with Crippen molar-refractivity contribution in [2.75, 3.05) is 18.6 Å². The predicted molar refractivity (Wildman–Crippen MR) is 152 cm³/mol. The molecule has 1 aliphatic heterocycles. The van der Waals surface area contributed by atoms with Gasteiger partial charge in [0.05, 0.1) is 37.2 Å². The fourth-order valence-corrected chi connectivity index (χ4v) is 5.87. The third kappa shape index (κ3) is 5.35. The van der Waals surface area contributed by atoms with Gasteiger partial charge in [0, 0.05) is 23.0 Å². The van der Waals surface area contributed by atoms with Crippen LogP contribution in [-0.4, -0.2) is 42.5 Å².